The van der Waals surface area contributed by atoms with E-state index in [4.69, 9.17) is 28.3 Å². The van der Waals surface area contributed by atoms with Crippen LogP contribution in [0.4, 0.5) is 5.69 Å². The lowest BCUT2D eigenvalue weighted by Crippen LogP contribution is -2.37. The number of halogens is 2. The molecular weight excluding hydrogens is 353 g/mol. The molecule has 1 N–H and O–H groups in total. The fraction of sp³-hybridized carbons (Fsp3) is 0.118. The number of Topliss-reactive ketones (excluding diaryl/α,β-unsaturated/α-hetero) is 1. The van der Waals surface area contributed by atoms with E-state index in [0.29, 0.717) is 15.7 Å². The zero-order valence-corrected chi connectivity index (χ0v) is 13.8. The average Bonchev–Trinajstić information content (AvgIpc) is 2.54. The van der Waals surface area contributed by atoms with Crippen LogP contribution in [0, 0.1) is 0 Å². The Balaban J connectivity index is 2.01. The molecule has 0 aromatic heterocycles. The number of carbonyl (C=O) groups is 3. The lowest BCUT2D eigenvalue weighted by molar-refractivity contribution is -0.118. The summed E-state index contributed by atoms with van der Waals surface area (Å²) in [6, 6.07) is 9.17. The van der Waals surface area contributed by atoms with Crippen molar-refractivity contribution in [3.63, 3.8) is 0 Å². The molecule has 0 aliphatic carbocycles. The van der Waals surface area contributed by atoms with Crippen molar-refractivity contribution >= 4 is 46.5 Å². The van der Waals surface area contributed by atoms with Gasteiger partial charge in [-0.1, -0.05) is 29.3 Å². The second-order valence-electron chi connectivity index (χ2n) is 5.37. The number of anilines is 1. The van der Waals surface area contributed by atoms with E-state index in [-0.39, 0.29) is 35.8 Å². The van der Waals surface area contributed by atoms with E-state index in [2.05, 4.69) is 0 Å². The highest BCUT2D eigenvalue weighted by Crippen LogP contribution is 2.31. The highest BCUT2D eigenvalue weighted by Gasteiger charge is 2.30. The Morgan fingerprint density at radius 3 is 2.50 bits per heavy atom. The molecule has 0 saturated heterocycles. The molecule has 1 heterocycles. The number of hydrogen-bond acceptors (Lipinski definition) is 3. The SMILES string of the molecule is O=C(O)c1ccc2c(c1)C(=O)CC(=O)N2Cc1ccc(Cl)c(Cl)c1. The number of carbonyl (C=O) groups excluding carboxylic acids is 2. The summed E-state index contributed by atoms with van der Waals surface area (Å²) in [6.07, 6.45) is -0.294. The molecule has 5 nitrogen and oxygen atoms in total. The second-order valence-corrected chi connectivity index (χ2v) is 6.18. The van der Waals surface area contributed by atoms with Crippen molar-refractivity contribution in [1.29, 1.82) is 0 Å². The molecule has 122 valence electrons. The number of aromatic carboxylic acids is 1. The zero-order valence-electron chi connectivity index (χ0n) is 12.3. The van der Waals surface area contributed by atoms with E-state index >= 15 is 0 Å². The highest BCUT2D eigenvalue weighted by atomic mass is 35.5. The molecule has 0 radical (unpaired) electrons. The smallest absolute Gasteiger partial charge is 0.335 e. The van der Waals surface area contributed by atoms with Crippen LogP contribution in [0.2, 0.25) is 10.0 Å². The van der Waals surface area contributed by atoms with Crippen LogP contribution < -0.4 is 4.90 Å². The highest BCUT2D eigenvalue weighted by molar-refractivity contribution is 6.42. The number of benzene rings is 2. The van der Waals surface area contributed by atoms with Crippen LogP contribution >= 0.6 is 23.2 Å². The van der Waals surface area contributed by atoms with Crippen LogP contribution in [0.5, 0.6) is 0 Å². The summed E-state index contributed by atoms with van der Waals surface area (Å²) in [5, 5.41) is 9.84. The Morgan fingerprint density at radius 1 is 1.08 bits per heavy atom. The lowest BCUT2D eigenvalue weighted by atomic mass is 9.97. The van der Waals surface area contributed by atoms with Crippen molar-refractivity contribution in [2.24, 2.45) is 0 Å². The standard InChI is InChI=1S/C17H11Cl2NO4/c18-12-3-1-9(5-13(12)19)8-20-14-4-2-10(17(23)24)6-11(14)15(21)7-16(20)22/h1-6H,7-8H2,(H,23,24). The number of carboxylic acid groups (broad SMARTS) is 1. The molecule has 0 fully saturated rings. The summed E-state index contributed by atoms with van der Waals surface area (Å²) in [7, 11) is 0. The van der Waals surface area contributed by atoms with Gasteiger partial charge in [-0.25, -0.2) is 4.79 Å². The van der Waals surface area contributed by atoms with Crippen LogP contribution in [-0.4, -0.2) is 22.8 Å². The molecule has 2 aromatic carbocycles. The zero-order chi connectivity index (χ0) is 17.4. The summed E-state index contributed by atoms with van der Waals surface area (Å²) in [5.41, 5.74) is 1.38. The molecule has 24 heavy (non-hydrogen) atoms. The van der Waals surface area contributed by atoms with E-state index in [0.717, 1.165) is 5.56 Å². The first-order valence-electron chi connectivity index (χ1n) is 7.01. The Hall–Kier alpha value is -2.37. The number of ketones is 1. The van der Waals surface area contributed by atoms with Gasteiger partial charge in [-0.3, -0.25) is 9.59 Å². The van der Waals surface area contributed by atoms with Gasteiger partial charge < -0.3 is 10.0 Å². The topological polar surface area (TPSA) is 74.7 Å². The van der Waals surface area contributed by atoms with Gasteiger partial charge in [0.25, 0.3) is 0 Å². The van der Waals surface area contributed by atoms with Gasteiger partial charge in [0.15, 0.2) is 5.78 Å². The Labute approximate surface area is 147 Å². The monoisotopic (exact) mass is 363 g/mol. The van der Waals surface area contributed by atoms with Crippen LogP contribution in [0.1, 0.15) is 32.7 Å². The molecule has 0 atom stereocenters. The molecule has 1 amide bonds. The molecule has 0 bridgehead atoms. The van der Waals surface area contributed by atoms with Gasteiger partial charge >= 0.3 is 5.97 Å². The molecule has 3 rings (SSSR count). The Morgan fingerprint density at radius 2 is 1.83 bits per heavy atom. The van der Waals surface area contributed by atoms with Crippen LogP contribution in [0.15, 0.2) is 36.4 Å². The largest absolute Gasteiger partial charge is 0.478 e. The maximum atomic E-state index is 12.3. The maximum Gasteiger partial charge on any atom is 0.335 e. The molecule has 1 aliphatic heterocycles. The van der Waals surface area contributed by atoms with Crippen LogP contribution in [-0.2, 0) is 11.3 Å². The predicted molar refractivity (Wildman–Crippen MR) is 90.0 cm³/mol. The van der Waals surface area contributed by atoms with Gasteiger partial charge in [0.05, 0.1) is 34.3 Å². The molecule has 7 heteroatoms. The number of fused-ring (bicyclic) bond motifs is 1. The van der Waals surface area contributed by atoms with Crippen molar-refractivity contribution in [1.82, 2.24) is 0 Å². The van der Waals surface area contributed by atoms with E-state index in [1.54, 1.807) is 18.2 Å². The van der Waals surface area contributed by atoms with E-state index < -0.39 is 5.97 Å². The minimum Gasteiger partial charge on any atom is -0.478 e. The van der Waals surface area contributed by atoms with Crippen molar-refractivity contribution < 1.29 is 19.5 Å². The first-order chi connectivity index (χ1) is 11.4. The number of nitrogens with zero attached hydrogens (tertiary/aromatic N) is 1. The van der Waals surface area contributed by atoms with Gasteiger partial charge in [-0.2, -0.15) is 0 Å². The third-order valence-corrected chi connectivity index (χ3v) is 4.51. The summed E-state index contributed by atoms with van der Waals surface area (Å²) in [5.74, 6) is -1.86. The molecule has 1 aliphatic rings. The third-order valence-electron chi connectivity index (χ3n) is 3.77. The van der Waals surface area contributed by atoms with E-state index in [1.165, 1.54) is 23.1 Å². The van der Waals surface area contributed by atoms with E-state index in [1.807, 2.05) is 0 Å². The van der Waals surface area contributed by atoms with Crippen molar-refractivity contribution in [3.8, 4) is 0 Å². The number of rotatable bonds is 3. The Kier molecular flexibility index (Phi) is 4.30. The van der Waals surface area contributed by atoms with Gasteiger partial charge in [-0.05, 0) is 35.9 Å². The summed E-state index contributed by atoms with van der Waals surface area (Å²) in [4.78, 5) is 36.9. The fourth-order valence-corrected chi connectivity index (χ4v) is 2.90. The third kappa shape index (κ3) is 3.00. The number of hydrogen-bond donors (Lipinski definition) is 1. The normalized spacial score (nSPS) is 13.8. The van der Waals surface area contributed by atoms with Crippen molar-refractivity contribution in [2.45, 2.75) is 13.0 Å². The molecular formula is C17H11Cl2NO4. The quantitative estimate of drug-likeness (QED) is 0.841. The molecule has 0 spiro atoms. The van der Waals surface area contributed by atoms with Gasteiger partial charge in [-0.15, -0.1) is 0 Å². The summed E-state index contributed by atoms with van der Waals surface area (Å²) in [6.45, 7) is 0.211. The minimum atomic E-state index is -1.13. The van der Waals surface area contributed by atoms with Crippen LogP contribution in [0.3, 0.4) is 0 Å². The molecule has 2 aromatic rings. The Bertz CT molecular complexity index is 879. The maximum absolute atomic E-state index is 12.3. The summed E-state index contributed by atoms with van der Waals surface area (Å²) >= 11 is 11.9. The molecule has 0 unspecified atom stereocenters. The van der Waals surface area contributed by atoms with E-state index in [9.17, 15) is 14.4 Å². The average molecular weight is 364 g/mol. The second kappa shape index (κ2) is 6.26. The van der Waals surface area contributed by atoms with Gasteiger partial charge in [0, 0.05) is 5.56 Å². The minimum absolute atomic E-state index is 0.00550. The van der Waals surface area contributed by atoms with Crippen LogP contribution in [0.25, 0.3) is 0 Å². The van der Waals surface area contributed by atoms with Crippen molar-refractivity contribution in [3.05, 3.63) is 63.1 Å². The summed E-state index contributed by atoms with van der Waals surface area (Å²) < 4.78 is 0. The first-order valence-corrected chi connectivity index (χ1v) is 7.77. The van der Waals surface area contributed by atoms with Crippen molar-refractivity contribution in [2.75, 3.05) is 4.90 Å². The fourth-order valence-electron chi connectivity index (χ4n) is 2.58. The predicted octanol–water partition coefficient (Wildman–Crippen LogP) is 3.81. The first kappa shape index (κ1) is 16.5. The lowest BCUT2D eigenvalue weighted by Gasteiger charge is -2.29. The van der Waals surface area contributed by atoms with Gasteiger partial charge in [0.1, 0.15) is 0 Å². The van der Waals surface area contributed by atoms with Gasteiger partial charge in [0.2, 0.25) is 5.91 Å². The number of amides is 1. The molecule has 0 saturated carbocycles. The number of carboxylic acids is 1.